The van der Waals surface area contributed by atoms with Crippen molar-refractivity contribution in [3.63, 3.8) is 0 Å². The Morgan fingerprint density at radius 3 is 2.45 bits per heavy atom. The first kappa shape index (κ1) is 21.8. The number of hydrogen-bond donors (Lipinski definition) is 1. The molecule has 6 heteroatoms. The van der Waals surface area contributed by atoms with Crippen LogP contribution >= 0.6 is 0 Å². The number of esters is 1. The van der Waals surface area contributed by atoms with E-state index in [2.05, 4.69) is 20.8 Å². The maximum Gasteiger partial charge on any atom is 0.302 e. The van der Waals surface area contributed by atoms with E-state index in [-0.39, 0.29) is 29.3 Å². The number of rotatable bonds is 4. The van der Waals surface area contributed by atoms with Crippen LogP contribution in [0.3, 0.4) is 0 Å². The SMILES string of the molecule is COC1CC2C(C)(C)CCCC2(C)C2=C1C(O)=C(C(C)COC(C)=O)C(=O)C2=O. The van der Waals surface area contributed by atoms with Crippen LogP contribution in [0.5, 0.6) is 0 Å². The van der Waals surface area contributed by atoms with Crippen LogP contribution in [0.25, 0.3) is 0 Å². The van der Waals surface area contributed by atoms with Crippen LogP contribution in [0.4, 0.5) is 0 Å². The molecule has 0 amide bonds. The monoisotopic (exact) mass is 404 g/mol. The summed E-state index contributed by atoms with van der Waals surface area (Å²) in [4.78, 5) is 37.6. The molecule has 3 aliphatic rings. The minimum atomic E-state index is -0.694. The Kier molecular flexibility index (Phi) is 5.54. The molecule has 0 heterocycles. The lowest BCUT2D eigenvalue weighted by atomic mass is 9.48. The number of carbonyl (C=O) groups excluding carboxylic acids is 3. The van der Waals surface area contributed by atoms with Crippen LogP contribution in [0, 0.1) is 22.7 Å². The van der Waals surface area contributed by atoms with Crippen molar-refractivity contribution >= 4 is 17.5 Å². The lowest BCUT2D eigenvalue weighted by Gasteiger charge is -2.56. The average molecular weight is 405 g/mol. The van der Waals surface area contributed by atoms with E-state index < -0.39 is 35.0 Å². The second kappa shape index (κ2) is 7.38. The molecule has 1 saturated carbocycles. The summed E-state index contributed by atoms with van der Waals surface area (Å²) in [5.74, 6) is -2.29. The Bertz CT molecular complexity index is 817. The van der Waals surface area contributed by atoms with Crippen LogP contribution < -0.4 is 0 Å². The van der Waals surface area contributed by atoms with E-state index in [4.69, 9.17) is 9.47 Å². The summed E-state index contributed by atoms with van der Waals surface area (Å²) in [6, 6.07) is 0. The third-order valence-corrected chi connectivity index (χ3v) is 7.34. The van der Waals surface area contributed by atoms with Gasteiger partial charge in [-0.15, -0.1) is 0 Å². The molecular weight excluding hydrogens is 372 g/mol. The van der Waals surface area contributed by atoms with Gasteiger partial charge in [-0.2, -0.15) is 0 Å². The van der Waals surface area contributed by atoms with Gasteiger partial charge >= 0.3 is 5.97 Å². The standard InChI is InChI=1S/C23H32O6/c1-12(11-29-13(2)24)16-19(25)17-14(28-6)10-15-22(3,4)8-7-9-23(15,5)18(17)21(27)20(16)26/h12,14-15,25H,7-11H2,1-6H3. The third kappa shape index (κ3) is 3.35. The van der Waals surface area contributed by atoms with Gasteiger partial charge in [0, 0.05) is 36.5 Å². The number of aliphatic hydroxyl groups is 1. The van der Waals surface area contributed by atoms with E-state index in [0.29, 0.717) is 17.6 Å². The number of hydrogen-bond acceptors (Lipinski definition) is 6. The predicted molar refractivity (Wildman–Crippen MR) is 107 cm³/mol. The van der Waals surface area contributed by atoms with E-state index in [1.54, 1.807) is 14.0 Å². The molecule has 4 atom stereocenters. The quantitative estimate of drug-likeness (QED) is 0.437. The number of fused-ring (bicyclic) bond motifs is 2. The number of methoxy groups -OCH3 is 1. The van der Waals surface area contributed by atoms with Gasteiger partial charge in [-0.05, 0) is 30.6 Å². The highest BCUT2D eigenvalue weighted by Crippen LogP contribution is 2.61. The van der Waals surface area contributed by atoms with Crippen molar-refractivity contribution < 1.29 is 29.0 Å². The summed E-state index contributed by atoms with van der Waals surface area (Å²) in [6.07, 6.45) is 3.07. The molecule has 0 aromatic rings. The number of ether oxygens (including phenoxy) is 2. The molecule has 3 rings (SSSR count). The lowest BCUT2D eigenvalue weighted by molar-refractivity contribution is -0.142. The molecule has 0 aromatic heterocycles. The molecule has 1 N–H and O–H groups in total. The molecule has 0 aromatic carbocycles. The van der Waals surface area contributed by atoms with Crippen LogP contribution in [0.1, 0.15) is 60.3 Å². The van der Waals surface area contributed by atoms with Gasteiger partial charge in [-0.25, -0.2) is 0 Å². The summed E-state index contributed by atoms with van der Waals surface area (Å²) < 4.78 is 10.7. The van der Waals surface area contributed by atoms with Gasteiger partial charge in [0.15, 0.2) is 0 Å². The molecule has 4 unspecified atom stereocenters. The van der Waals surface area contributed by atoms with Crippen molar-refractivity contribution in [3.05, 3.63) is 22.5 Å². The molecule has 6 nitrogen and oxygen atoms in total. The topological polar surface area (TPSA) is 89.9 Å². The summed E-state index contributed by atoms with van der Waals surface area (Å²) in [7, 11) is 1.57. The van der Waals surface area contributed by atoms with E-state index in [1.807, 2.05) is 0 Å². The summed E-state index contributed by atoms with van der Waals surface area (Å²) >= 11 is 0. The van der Waals surface area contributed by atoms with Crippen molar-refractivity contribution in [2.24, 2.45) is 22.7 Å². The molecule has 29 heavy (non-hydrogen) atoms. The highest BCUT2D eigenvalue weighted by atomic mass is 16.5. The van der Waals surface area contributed by atoms with Crippen LogP contribution in [-0.4, -0.2) is 42.5 Å². The Hall–Kier alpha value is -1.95. The summed E-state index contributed by atoms with van der Waals surface area (Å²) in [5, 5.41) is 11.2. The maximum atomic E-state index is 13.4. The minimum absolute atomic E-state index is 0.00780. The largest absolute Gasteiger partial charge is 0.507 e. The predicted octanol–water partition coefficient (Wildman–Crippen LogP) is 3.70. The molecule has 160 valence electrons. The van der Waals surface area contributed by atoms with Crippen molar-refractivity contribution in [3.8, 4) is 0 Å². The summed E-state index contributed by atoms with van der Waals surface area (Å²) in [6.45, 7) is 9.37. The Labute approximate surface area is 172 Å². The fraction of sp³-hybridized carbons (Fsp3) is 0.696. The highest BCUT2D eigenvalue weighted by Gasteiger charge is 2.58. The molecular formula is C23H32O6. The van der Waals surface area contributed by atoms with Gasteiger partial charge in [0.25, 0.3) is 0 Å². The molecule has 3 aliphatic carbocycles. The maximum absolute atomic E-state index is 13.4. The fourth-order valence-electron chi connectivity index (χ4n) is 5.94. The molecule has 0 aliphatic heterocycles. The number of carbonyl (C=O) groups is 3. The van der Waals surface area contributed by atoms with E-state index in [0.717, 1.165) is 19.3 Å². The van der Waals surface area contributed by atoms with Gasteiger partial charge in [0.2, 0.25) is 11.6 Å². The van der Waals surface area contributed by atoms with E-state index in [9.17, 15) is 19.5 Å². The second-order valence-corrected chi connectivity index (χ2v) is 9.69. The zero-order valence-corrected chi connectivity index (χ0v) is 18.3. The zero-order valence-electron chi connectivity index (χ0n) is 18.3. The van der Waals surface area contributed by atoms with Crippen molar-refractivity contribution in [2.75, 3.05) is 13.7 Å². The first-order chi connectivity index (χ1) is 13.5. The summed E-state index contributed by atoms with van der Waals surface area (Å²) in [5.41, 5.74) is 0.442. The Morgan fingerprint density at radius 2 is 1.86 bits per heavy atom. The smallest absolute Gasteiger partial charge is 0.302 e. The number of Topliss-reactive ketones (excluding diaryl/α,β-unsaturated/α-hetero) is 2. The van der Waals surface area contributed by atoms with Crippen molar-refractivity contribution in [2.45, 2.75) is 66.4 Å². The molecule has 1 fully saturated rings. The first-order valence-electron chi connectivity index (χ1n) is 10.4. The van der Waals surface area contributed by atoms with Crippen LogP contribution in [0.15, 0.2) is 22.5 Å². The molecule has 0 bridgehead atoms. The molecule has 0 saturated heterocycles. The number of allylic oxidation sites excluding steroid dienone is 1. The zero-order chi connectivity index (χ0) is 21.7. The van der Waals surface area contributed by atoms with E-state index in [1.165, 1.54) is 6.92 Å². The van der Waals surface area contributed by atoms with Gasteiger partial charge in [0.1, 0.15) is 5.76 Å². The lowest BCUT2D eigenvalue weighted by Crippen LogP contribution is -2.53. The van der Waals surface area contributed by atoms with Gasteiger partial charge in [-0.3, -0.25) is 14.4 Å². The number of ketones is 2. The highest BCUT2D eigenvalue weighted by molar-refractivity contribution is 6.50. The van der Waals surface area contributed by atoms with Crippen molar-refractivity contribution in [1.29, 1.82) is 0 Å². The van der Waals surface area contributed by atoms with Crippen molar-refractivity contribution in [1.82, 2.24) is 0 Å². The second-order valence-electron chi connectivity index (χ2n) is 9.69. The van der Waals surface area contributed by atoms with Gasteiger partial charge in [0.05, 0.1) is 18.3 Å². The average Bonchev–Trinajstić information content (AvgIpc) is 2.63. The van der Waals surface area contributed by atoms with Crippen LogP contribution in [0.2, 0.25) is 0 Å². The molecule has 0 radical (unpaired) electrons. The van der Waals surface area contributed by atoms with E-state index >= 15 is 0 Å². The third-order valence-electron chi connectivity index (χ3n) is 7.34. The molecule has 0 spiro atoms. The fourth-order valence-corrected chi connectivity index (χ4v) is 5.94. The Balaban J connectivity index is 2.17. The van der Waals surface area contributed by atoms with Gasteiger partial charge < -0.3 is 14.6 Å². The number of aliphatic hydroxyl groups excluding tert-OH is 1. The Morgan fingerprint density at radius 1 is 1.21 bits per heavy atom. The van der Waals surface area contributed by atoms with Crippen LogP contribution in [-0.2, 0) is 23.9 Å². The minimum Gasteiger partial charge on any atom is -0.507 e. The first-order valence-corrected chi connectivity index (χ1v) is 10.4. The van der Waals surface area contributed by atoms with Gasteiger partial charge in [-0.1, -0.05) is 34.1 Å². The normalized spacial score (nSPS) is 32.6.